The summed E-state index contributed by atoms with van der Waals surface area (Å²) in [6, 6.07) is 8.83. The molecule has 1 atom stereocenters. The predicted octanol–water partition coefficient (Wildman–Crippen LogP) is 4.78. The number of H-pyrrole nitrogens is 1. The Balaban J connectivity index is 1.47. The zero-order valence-electron chi connectivity index (χ0n) is 22.2. The van der Waals surface area contributed by atoms with E-state index in [2.05, 4.69) is 20.1 Å². The number of hydrogen-bond acceptors (Lipinski definition) is 6. The minimum Gasteiger partial charge on any atom is -0.371 e. The van der Waals surface area contributed by atoms with Gasteiger partial charge in [-0.05, 0) is 86.2 Å². The number of aromatic nitrogens is 4. The fraction of sp³-hybridized carbons (Fsp3) is 0.310. The second-order valence-electron chi connectivity index (χ2n) is 10.9. The summed E-state index contributed by atoms with van der Waals surface area (Å²) in [5, 5.41) is 7.96. The normalized spacial score (nSPS) is 20.6. The van der Waals surface area contributed by atoms with E-state index in [9.17, 15) is 17.2 Å². The molecule has 0 spiro atoms. The second kappa shape index (κ2) is 9.67. The molecule has 1 fully saturated rings. The van der Waals surface area contributed by atoms with Crippen LogP contribution in [0, 0.1) is 18.6 Å². The molecule has 0 amide bonds. The monoisotopic (exact) mass is 564 g/mol. The maximum atomic E-state index is 14.5. The van der Waals surface area contributed by atoms with Crippen LogP contribution < -0.4 is 10.6 Å². The molecule has 3 aromatic heterocycles. The molecule has 1 saturated heterocycles. The van der Waals surface area contributed by atoms with Crippen molar-refractivity contribution in [2.45, 2.75) is 43.9 Å². The lowest BCUT2D eigenvalue weighted by atomic mass is 9.86. The van der Waals surface area contributed by atoms with E-state index in [4.69, 9.17) is 5.73 Å². The Labute approximate surface area is 231 Å². The van der Waals surface area contributed by atoms with Gasteiger partial charge in [-0.3, -0.25) is 5.10 Å². The Kier molecular flexibility index (Phi) is 6.38. The first-order valence-electron chi connectivity index (χ1n) is 13.2. The average molecular weight is 565 g/mol. The Morgan fingerprint density at radius 1 is 1.10 bits per heavy atom. The van der Waals surface area contributed by atoms with Gasteiger partial charge in [0.15, 0.2) is 5.65 Å². The van der Waals surface area contributed by atoms with E-state index in [0.717, 1.165) is 48.8 Å². The van der Waals surface area contributed by atoms with Crippen LogP contribution in [-0.2, 0) is 10.0 Å². The molecule has 11 heteroatoms. The van der Waals surface area contributed by atoms with Gasteiger partial charge in [0.05, 0.1) is 5.69 Å². The number of pyridine rings is 1. The molecular weight excluding hydrogens is 534 g/mol. The van der Waals surface area contributed by atoms with Crippen molar-refractivity contribution in [2.75, 3.05) is 18.0 Å². The number of hydrogen-bond donors (Lipinski definition) is 2. The highest BCUT2D eigenvalue weighted by molar-refractivity contribution is 7.91. The van der Waals surface area contributed by atoms with Crippen molar-refractivity contribution >= 4 is 37.9 Å². The first kappa shape index (κ1) is 26.4. The van der Waals surface area contributed by atoms with Crippen LogP contribution >= 0.6 is 0 Å². The summed E-state index contributed by atoms with van der Waals surface area (Å²) in [6.07, 6.45) is 8.28. The first-order valence-corrected chi connectivity index (χ1v) is 14.6. The zero-order chi connectivity index (χ0) is 28.2. The van der Waals surface area contributed by atoms with E-state index in [-0.39, 0.29) is 18.0 Å². The van der Waals surface area contributed by atoms with Gasteiger partial charge in [-0.15, -0.1) is 0 Å². The molecule has 3 N–H and O–H groups in total. The number of nitrogens with zero attached hydrogens (tertiary/aromatic N) is 4. The fourth-order valence-electron chi connectivity index (χ4n) is 5.67. The fourth-order valence-corrected chi connectivity index (χ4v) is 7.33. The topological polar surface area (TPSA) is 110 Å². The highest BCUT2D eigenvalue weighted by atomic mass is 32.2. The first-order chi connectivity index (χ1) is 19.0. The van der Waals surface area contributed by atoms with Crippen molar-refractivity contribution in [3.05, 3.63) is 89.5 Å². The van der Waals surface area contributed by atoms with Crippen molar-refractivity contribution in [2.24, 2.45) is 5.73 Å². The number of aryl methyl sites for hydroxylation is 1. The van der Waals surface area contributed by atoms with Crippen LogP contribution in [0.1, 0.15) is 43.1 Å². The standard InChI is InChI=1S/C29H30F2N6O2S/c1-18-11-26(35-34-18)21-12-20(19-13-22(30)15-23(31)14-19)16-29(2,17-21)40(38,39)37-10-6-25-27(3-7-33-28(25)37)36-8-4-24(32)5-9-36/h3,6-7,10-16,24H,4-5,8-9,17,32H2,1-2H3,(H,34,35). The molecule has 4 heterocycles. The molecule has 208 valence electrons. The van der Waals surface area contributed by atoms with Crippen LogP contribution in [0.4, 0.5) is 14.5 Å². The lowest BCUT2D eigenvalue weighted by Crippen LogP contribution is -2.40. The van der Waals surface area contributed by atoms with Crippen LogP contribution in [0.15, 0.2) is 60.9 Å². The lowest BCUT2D eigenvalue weighted by Gasteiger charge is -2.33. The van der Waals surface area contributed by atoms with Gasteiger partial charge >= 0.3 is 0 Å². The zero-order valence-corrected chi connectivity index (χ0v) is 23.0. The minimum atomic E-state index is -4.12. The third-order valence-electron chi connectivity index (χ3n) is 7.82. The predicted molar refractivity (Wildman–Crippen MR) is 152 cm³/mol. The van der Waals surface area contributed by atoms with E-state index < -0.39 is 26.4 Å². The molecule has 0 bridgehead atoms. The third kappa shape index (κ3) is 4.52. The number of aromatic amines is 1. The van der Waals surface area contributed by atoms with Gasteiger partial charge in [-0.25, -0.2) is 26.2 Å². The van der Waals surface area contributed by atoms with Gasteiger partial charge in [-0.1, -0.05) is 6.08 Å². The molecule has 1 aliphatic heterocycles. The second-order valence-corrected chi connectivity index (χ2v) is 13.1. The highest BCUT2D eigenvalue weighted by Gasteiger charge is 2.43. The molecular formula is C29H30F2N6O2S. The molecule has 6 rings (SSSR count). The number of benzene rings is 1. The largest absolute Gasteiger partial charge is 0.371 e. The summed E-state index contributed by atoms with van der Waals surface area (Å²) >= 11 is 0. The molecule has 2 aliphatic rings. The van der Waals surface area contributed by atoms with Crippen molar-refractivity contribution < 1.29 is 17.2 Å². The smallest absolute Gasteiger partial charge is 0.249 e. The molecule has 1 unspecified atom stereocenters. The number of nitrogens with one attached hydrogen (secondary N) is 1. The number of nitrogens with two attached hydrogens (primary N) is 1. The van der Waals surface area contributed by atoms with Crippen molar-refractivity contribution in [1.29, 1.82) is 0 Å². The quantitative estimate of drug-likeness (QED) is 0.361. The van der Waals surface area contributed by atoms with E-state index >= 15 is 0 Å². The lowest BCUT2D eigenvalue weighted by molar-refractivity contribution is 0.502. The van der Waals surface area contributed by atoms with Gasteiger partial charge in [0.1, 0.15) is 16.4 Å². The third-order valence-corrected chi connectivity index (χ3v) is 10.1. The maximum Gasteiger partial charge on any atom is 0.249 e. The molecule has 1 aromatic carbocycles. The SMILES string of the molecule is Cc1cc(C2=CC(c3cc(F)cc(F)c3)=CC(C)(S(=O)(=O)n3ccc4c(N5CCC(N)CC5)ccnc43)C2)n[nH]1. The molecule has 1 aliphatic carbocycles. The number of rotatable bonds is 5. The average Bonchev–Trinajstić information content (AvgIpc) is 3.55. The van der Waals surface area contributed by atoms with E-state index in [1.54, 1.807) is 31.3 Å². The summed E-state index contributed by atoms with van der Waals surface area (Å²) in [5.74, 6) is -1.49. The molecule has 4 aromatic rings. The molecule has 8 nitrogen and oxygen atoms in total. The molecule has 0 saturated carbocycles. The Bertz CT molecular complexity index is 1760. The number of anilines is 1. The molecule has 0 radical (unpaired) electrons. The Morgan fingerprint density at radius 3 is 2.50 bits per heavy atom. The summed E-state index contributed by atoms with van der Waals surface area (Å²) in [6.45, 7) is 5.03. The van der Waals surface area contributed by atoms with Crippen LogP contribution in [0.5, 0.6) is 0 Å². The Morgan fingerprint density at radius 2 is 1.82 bits per heavy atom. The van der Waals surface area contributed by atoms with E-state index in [1.165, 1.54) is 22.3 Å². The van der Waals surface area contributed by atoms with Crippen molar-refractivity contribution in [3.63, 3.8) is 0 Å². The van der Waals surface area contributed by atoms with Gasteiger partial charge in [0.2, 0.25) is 10.0 Å². The number of halogens is 2. The van der Waals surface area contributed by atoms with Crippen LogP contribution in [0.3, 0.4) is 0 Å². The van der Waals surface area contributed by atoms with Crippen LogP contribution in [0.2, 0.25) is 0 Å². The number of fused-ring (bicyclic) bond motifs is 1. The number of piperidine rings is 1. The van der Waals surface area contributed by atoms with Gasteiger partial charge in [-0.2, -0.15) is 5.10 Å². The van der Waals surface area contributed by atoms with E-state index in [1.807, 2.05) is 19.1 Å². The van der Waals surface area contributed by atoms with Gasteiger partial charge in [0.25, 0.3) is 0 Å². The summed E-state index contributed by atoms with van der Waals surface area (Å²) < 4.78 is 57.0. The number of allylic oxidation sites excluding steroid dienone is 3. The van der Waals surface area contributed by atoms with Crippen LogP contribution in [0.25, 0.3) is 22.2 Å². The van der Waals surface area contributed by atoms with Gasteiger partial charge in [0, 0.05) is 54.4 Å². The summed E-state index contributed by atoms with van der Waals surface area (Å²) in [4.78, 5) is 6.68. The van der Waals surface area contributed by atoms with Crippen LogP contribution in [-0.4, -0.2) is 51.4 Å². The Hall–Kier alpha value is -3.83. The van der Waals surface area contributed by atoms with Gasteiger partial charge < -0.3 is 10.6 Å². The minimum absolute atomic E-state index is 0.101. The maximum absolute atomic E-state index is 14.5. The van der Waals surface area contributed by atoms with Crippen molar-refractivity contribution in [1.82, 2.24) is 19.2 Å². The molecule has 40 heavy (non-hydrogen) atoms. The highest BCUT2D eigenvalue weighted by Crippen LogP contribution is 2.42. The summed E-state index contributed by atoms with van der Waals surface area (Å²) in [5.41, 5.74) is 9.97. The van der Waals surface area contributed by atoms with E-state index in [0.29, 0.717) is 22.5 Å². The van der Waals surface area contributed by atoms with Crippen molar-refractivity contribution in [3.8, 4) is 0 Å². The summed E-state index contributed by atoms with van der Waals surface area (Å²) in [7, 11) is -4.12.